The SMILES string of the molecule is O=C(O)CCc1nc(C2(c3ccc(Cl)cc3)CC(F)C2)nnc1-c1ccccc1. The summed E-state index contributed by atoms with van der Waals surface area (Å²) in [5.74, 6) is -0.488. The van der Waals surface area contributed by atoms with Gasteiger partial charge in [0.1, 0.15) is 11.9 Å². The molecule has 0 amide bonds. The topological polar surface area (TPSA) is 76.0 Å². The number of nitrogens with zero attached hydrogens (tertiary/aromatic N) is 3. The van der Waals surface area contributed by atoms with E-state index in [4.69, 9.17) is 21.7 Å². The van der Waals surface area contributed by atoms with Gasteiger partial charge < -0.3 is 5.11 Å². The summed E-state index contributed by atoms with van der Waals surface area (Å²) in [6, 6.07) is 16.7. The molecule has 1 N–H and O–H groups in total. The van der Waals surface area contributed by atoms with E-state index in [1.807, 2.05) is 42.5 Å². The standard InChI is InChI=1S/C22H19ClFN3O2/c23-16-8-6-15(7-9-16)22(12-17(24)13-22)21-25-18(10-11-19(28)29)20(26-27-21)14-4-2-1-3-5-14/h1-9,17H,10-13H2,(H,28,29). The van der Waals surface area contributed by atoms with E-state index < -0.39 is 17.6 Å². The van der Waals surface area contributed by atoms with Crippen LogP contribution in [0.1, 0.15) is 36.3 Å². The maximum Gasteiger partial charge on any atom is 0.303 e. The smallest absolute Gasteiger partial charge is 0.303 e. The number of benzene rings is 2. The van der Waals surface area contributed by atoms with E-state index >= 15 is 0 Å². The highest BCUT2D eigenvalue weighted by Gasteiger charge is 2.50. The quantitative estimate of drug-likeness (QED) is 0.640. The number of halogens is 2. The summed E-state index contributed by atoms with van der Waals surface area (Å²) < 4.78 is 14.0. The van der Waals surface area contributed by atoms with Gasteiger partial charge in [0.15, 0.2) is 5.82 Å². The van der Waals surface area contributed by atoms with Crippen molar-refractivity contribution in [1.82, 2.24) is 15.2 Å². The van der Waals surface area contributed by atoms with Crippen molar-refractivity contribution in [2.75, 3.05) is 0 Å². The van der Waals surface area contributed by atoms with Crippen molar-refractivity contribution in [3.05, 3.63) is 76.7 Å². The molecule has 1 heterocycles. The van der Waals surface area contributed by atoms with Crippen LogP contribution in [0, 0.1) is 0 Å². The molecule has 2 aromatic carbocycles. The number of carboxylic acid groups (broad SMARTS) is 1. The average Bonchev–Trinajstić information content (AvgIpc) is 2.71. The first kappa shape index (κ1) is 19.5. The van der Waals surface area contributed by atoms with E-state index in [0.29, 0.717) is 22.2 Å². The summed E-state index contributed by atoms with van der Waals surface area (Å²) in [7, 11) is 0. The number of hydrogen-bond acceptors (Lipinski definition) is 4. The highest BCUT2D eigenvalue weighted by molar-refractivity contribution is 6.30. The third kappa shape index (κ3) is 3.85. The number of aryl methyl sites for hydroxylation is 1. The number of hydrogen-bond donors (Lipinski definition) is 1. The number of rotatable bonds is 6. The molecule has 1 aliphatic carbocycles. The Bertz CT molecular complexity index is 1020. The number of aliphatic carboxylic acids is 1. The minimum Gasteiger partial charge on any atom is -0.481 e. The molecule has 1 saturated carbocycles. The largest absolute Gasteiger partial charge is 0.481 e. The minimum absolute atomic E-state index is 0.0718. The zero-order valence-electron chi connectivity index (χ0n) is 15.6. The molecule has 1 aliphatic rings. The van der Waals surface area contributed by atoms with Crippen LogP contribution in [0.25, 0.3) is 11.3 Å². The second kappa shape index (κ2) is 7.87. The Balaban J connectivity index is 1.79. The lowest BCUT2D eigenvalue weighted by Gasteiger charge is -2.43. The van der Waals surface area contributed by atoms with Gasteiger partial charge in [-0.2, -0.15) is 0 Å². The Hall–Kier alpha value is -2.86. The van der Waals surface area contributed by atoms with Crippen molar-refractivity contribution in [2.24, 2.45) is 0 Å². The maximum atomic E-state index is 14.0. The molecule has 0 saturated heterocycles. The van der Waals surface area contributed by atoms with Gasteiger partial charge in [-0.25, -0.2) is 9.37 Å². The number of aromatic nitrogens is 3. The van der Waals surface area contributed by atoms with Crippen molar-refractivity contribution in [3.63, 3.8) is 0 Å². The molecule has 4 rings (SSSR count). The molecule has 0 aliphatic heterocycles. The third-order valence-corrected chi connectivity index (χ3v) is 5.60. The molecule has 0 unspecified atom stereocenters. The van der Waals surface area contributed by atoms with Crippen LogP contribution in [-0.2, 0) is 16.6 Å². The van der Waals surface area contributed by atoms with E-state index in [1.165, 1.54) is 0 Å². The molecule has 1 aromatic heterocycles. The van der Waals surface area contributed by atoms with Crippen LogP contribution in [0.2, 0.25) is 5.02 Å². The van der Waals surface area contributed by atoms with Gasteiger partial charge in [0.05, 0.1) is 17.5 Å². The first-order chi connectivity index (χ1) is 14.0. The van der Waals surface area contributed by atoms with Crippen molar-refractivity contribution in [2.45, 2.75) is 37.3 Å². The second-order valence-electron chi connectivity index (χ2n) is 7.29. The molecule has 0 radical (unpaired) electrons. The summed E-state index contributed by atoms with van der Waals surface area (Å²) in [4.78, 5) is 15.9. The first-order valence-electron chi connectivity index (χ1n) is 9.39. The zero-order valence-corrected chi connectivity index (χ0v) is 16.3. The van der Waals surface area contributed by atoms with Crippen molar-refractivity contribution < 1.29 is 14.3 Å². The minimum atomic E-state index is -0.939. The Morgan fingerprint density at radius 1 is 1.10 bits per heavy atom. The van der Waals surface area contributed by atoms with E-state index in [0.717, 1.165) is 11.1 Å². The van der Waals surface area contributed by atoms with Crippen LogP contribution in [0.5, 0.6) is 0 Å². The summed E-state index contributed by atoms with van der Waals surface area (Å²) in [6.45, 7) is 0. The van der Waals surface area contributed by atoms with Gasteiger partial charge in [0.25, 0.3) is 0 Å². The summed E-state index contributed by atoms with van der Waals surface area (Å²) in [5.41, 5.74) is 2.13. The Morgan fingerprint density at radius 3 is 2.41 bits per heavy atom. The average molecular weight is 412 g/mol. The van der Waals surface area contributed by atoms with Gasteiger partial charge in [-0.1, -0.05) is 54.1 Å². The Morgan fingerprint density at radius 2 is 1.79 bits per heavy atom. The van der Waals surface area contributed by atoms with E-state index in [9.17, 15) is 9.18 Å². The van der Waals surface area contributed by atoms with Crippen LogP contribution in [0.15, 0.2) is 54.6 Å². The predicted molar refractivity (Wildman–Crippen MR) is 108 cm³/mol. The first-order valence-corrected chi connectivity index (χ1v) is 9.77. The van der Waals surface area contributed by atoms with Gasteiger partial charge in [-0.05, 0) is 30.5 Å². The summed E-state index contributed by atoms with van der Waals surface area (Å²) >= 11 is 6.01. The molecule has 0 spiro atoms. The molecular weight excluding hydrogens is 393 g/mol. The number of carbonyl (C=O) groups is 1. The molecule has 1 fully saturated rings. The van der Waals surface area contributed by atoms with E-state index in [1.54, 1.807) is 12.1 Å². The van der Waals surface area contributed by atoms with E-state index in [-0.39, 0.29) is 25.7 Å². The molecule has 3 aromatic rings. The Labute approximate surface area is 172 Å². The lowest BCUT2D eigenvalue weighted by molar-refractivity contribution is -0.136. The van der Waals surface area contributed by atoms with Crippen LogP contribution in [0.3, 0.4) is 0 Å². The van der Waals surface area contributed by atoms with Gasteiger partial charge >= 0.3 is 5.97 Å². The highest BCUT2D eigenvalue weighted by Crippen LogP contribution is 2.49. The third-order valence-electron chi connectivity index (χ3n) is 5.35. The van der Waals surface area contributed by atoms with Gasteiger partial charge in [0.2, 0.25) is 0 Å². The summed E-state index contributed by atoms with van der Waals surface area (Å²) in [5, 5.41) is 18.5. The van der Waals surface area contributed by atoms with Crippen LogP contribution < -0.4 is 0 Å². The fourth-order valence-corrected chi connectivity index (χ4v) is 3.92. The van der Waals surface area contributed by atoms with Crippen molar-refractivity contribution in [3.8, 4) is 11.3 Å². The molecule has 7 heteroatoms. The van der Waals surface area contributed by atoms with Crippen LogP contribution in [0.4, 0.5) is 4.39 Å². The molecule has 0 atom stereocenters. The van der Waals surface area contributed by atoms with Crippen molar-refractivity contribution >= 4 is 17.6 Å². The molecule has 29 heavy (non-hydrogen) atoms. The second-order valence-corrected chi connectivity index (χ2v) is 7.72. The van der Waals surface area contributed by atoms with Gasteiger partial charge in [-0.3, -0.25) is 4.79 Å². The monoisotopic (exact) mass is 411 g/mol. The van der Waals surface area contributed by atoms with Crippen LogP contribution in [-0.4, -0.2) is 32.4 Å². The molecular formula is C22H19ClFN3O2. The van der Waals surface area contributed by atoms with E-state index in [2.05, 4.69) is 10.2 Å². The van der Waals surface area contributed by atoms with Crippen molar-refractivity contribution in [1.29, 1.82) is 0 Å². The fraction of sp³-hybridized carbons (Fsp3) is 0.273. The lowest BCUT2D eigenvalue weighted by Crippen LogP contribution is -2.45. The summed E-state index contributed by atoms with van der Waals surface area (Å²) in [6.07, 6.45) is -0.264. The predicted octanol–water partition coefficient (Wildman–Crippen LogP) is 4.63. The Kier molecular flexibility index (Phi) is 5.28. The maximum absolute atomic E-state index is 14.0. The number of alkyl halides is 1. The van der Waals surface area contributed by atoms with Gasteiger partial charge in [0, 0.05) is 17.0 Å². The van der Waals surface area contributed by atoms with Gasteiger partial charge in [-0.15, -0.1) is 10.2 Å². The van der Waals surface area contributed by atoms with Crippen LogP contribution >= 0.6 is 11.6 Å². The fourth-order valence-electron chi connectivity index (χ4n) is 3.79. The lowest BCUT2D eigenvalue weighted by atomic mass is 9.62. The number of carboxylic acids is 1. The highest BCUT2D eigenvalue weighted by atomic mass is 35.5. The molecule has 148 valence electrons. The molecule has 5 nitrogen and oxygen atoms in total. The molecule has 0 bridgehead atoms. The normalized spacial score (nSPS) is 20.8. The zero-order chi connectivity index (χ0) is 20.4.